The van der Waals surface area contributed by atoms with Crippen molar-refractivity contribution in [1.82, 2.24) is 14.6 Å². The lowest BCUT2D eigenvalue weighted by atomic mass is 10.6. The van der Waals surface area contributed by atoms with Crippen LogP contribution in [-0.4, -0.2) is 19.7 Å². The summed E-state index contributed by atoms with van der Waals surface area (Å²) in [6.07, 6.45) is 4.35. The predicted octanol–water partition coefficient (Wildman–Crippen LogP) is 1.09. The Morgan fingerprint density at radius 3 is 3.09 bits per heavy atom. The normalized spacial score (nSPS) is 10.6. The van der Waals surface area contributed by atoms with Gasteiger partial charge in [-0.2, -0.15) is 5.10 Å². The maximum Gasteiger partial charge on any atom is 0.197 e. The van der Waals surface area contributed by atoms with E-state index in [1.54, 1.807) is 6.20 Å². The number of aromatic hydroxyl groups is 1. The molecule has 0 fully saturated rings. The number of halogens is 1. The van der Waals surface area contributed by atoms with Crippen molar-refractivity contribution < 1.29 is 5.11 Å². The number of rotatable bonds is 0. The fourth-order valence-corrected chi connectivity index (χ4v) is 0.981. The Morgan fingerprint density at radius 2 is 2.27 bits per heavy atom. The molecule has 2 aromatic rings. The topological polar surface area (TPSA) is 50.4 Å². The van der Waals surface area contributed by atoms with Gasteiger partial charge < -0.3 is 5.11 Å². The SMILES string of the molecule is Oc1cnn2cc(Cl)cnc12. The first-order valence-corrected chi connectivity index (χ1v) is 3.33. The highest BCUT2D eigenvalue weighted by Gasteiger charge is 2.01. The van der Waals surface area contributed by atoms with Gasteiger partial charge in [0.15, 0.2) is 11.4 Å². The van der Waals surface area contributed by atoms with E-state index in [1.807, 2.05) is 0 Å². The molecule has 1 N–H and O–H groups in total. The Kier molecular flexibility index (Phi) is 1.22. The number of fused-ring (bicyclic) bond motifs is 1. The van der Waals surface area contributed by atoms with Gasteiger partial charge in [0, 0.05) is 6.20 Å². The third-order valence-electron chi connectivity index (χ3n) is 1.31. The Balaban J connectivity index is 2.86. The molecule has 0 amide bonds. The first-order valence-electron chi connectivity index (χ1n) is 2.95. The molecule has 0 aliphatic heterocycles. The average Bonchev–Trinajstić information content (AvgIpc) is 2.32. The summed E-state index contributed by atoms with van der Waals surface area (Å²) in [6.45, 7) is 0. The quantitative estimate of drug-likeness (QED) is 0.642. The van der Waals surface area contributed by atoms with Crippen molar-refractivity contribution >= 4 is 17.2 Å². The molecule has 0 aliphatic carbocycles. The van der Waals surface area contributed by atoms with E-state index in [0.717, 1.165) is 0 Å². The fraction of sp³-hybridized carbons (Fsp3) is 0. The number of hydrogen-bond donors (Lipinski definition) is 1. The summed E-state index contributed by atoms with van der Waals surface area (Å²) in [5.74, 6) is 0.0571. The zero-order chi connectivity index (χ0) is 7.84. The summed E-state index contributed by atoms with van der Waals surface area (Å²) in [6, 6.07) is 0. The molecule has 0 saturated carbocycles. The molecule has 0 atom stereocenters. The Bertz CT molecular complexity index is 398. The van der Waals surface area contributed by atoms with E-state index < -0.39 is 0 Å². The molecule has 0 aromatic carbocycles. The molecular formula is C6H4ClN3O. The highest BCUT2D eigenvalue weighted by atomic mass is 35.5. The van der Waals surface area contributed by atoms with Crippen LogP contribution in [0.1, 0.15) is 0 Å². The molecule has 0 aliphatic rings. The third-order valence-corrected chi connectivity index (χ3v) is 1.50. The van der Waals surface area contributed by atoms with E-state index in [2.05, 4.69) is 10.1 Å². The molecule has 2 rings (SSSR count). The van der Waals surface area contributed by atoms with Crippen LogP contribution in [0.25, 0.3) is 5.65 Å². The largest absolute Gasteiger partial charge is 0.503 e. The van der Waals surface area contributed by atoms with Crippen LogP contribution >= 0.6 is 11.6 Å². The number of nitrogens with zero attached hydrogens (tertiary/aromatic N) is 3. The van der Waals surface area contributed by atoms with Crippen LogP contribution in [0, 0.1) is 0 Å². The van der Waals surface area contributed by atoms with Gasteiger partial charge in [-0.3, -0.25) is 0 Å². The minimum atomic E-state index is 0.0571. The molecule has 2 aromatic heterocycles. The van der Waals surface area contributed by atoms with Gasteiger partial charge in [0.25, 0.3) is 0 Å². The molecule has 0 spiro atoms. The molecule has 0 bridgehead atoms. The molecule has 56 valence electrons. The van der Waals surface area contributed by atoms with Crippen molar-refractivity contribution in [1.29, 1.82) is 0 Å². The van der Waals surface area contributed by atoms with Crippen molar-refractivity contribution in [3.63, 3.8) is 0 Å². The van der Waals surface area contributed by atoms with Crippen LogP contribution in [0.3, 0.4) is 0 Å². The van der Waals surface area contributed by atoms with Gasteiger partial charge in [-0.25, -0.2) is 9.50 Å². The fourth-order valence-electron chi connectivity index (χ4n) is 0.839. The van der Waals surface area contributed by atoms with Crippen LogP contribution in [-0.2, 0) is 0 Å². The highest BCUT2D eigenvalue weighted by molar-refractivity contribution is 6.30. The van der Waals surface area contributed by atoms with Crippen molar-refractivity contribution in [2.75, 3.05) is 0 Å². The Hall–Kier alpha value is -1.29. The lowest BCUT2D eigenvalue weighted by Gasteiger charge is -1.91. The standard InChI is InChI=1S/C6H4ClN3O/c7-4-1-8-6-5(11)2-9-10(6)3-4/h1-3,11H. The summed E-state index contributed by atoms with van der Waals surface area (Å²) in [5.41, 5.74) is 0.411. The zero-order valence-electron chi connectivity index (χ0n) is 5.40. The Morgan fingerprint density at radius 1 is 1.45 bits per heavy atom. The second-order valence-electron chi connectivity index (χ2n) is 2.07. The van der Waals surface area contributed by atoms with Crippen molar-refractivity contribution in [3.05, 3.63) is 23.6 Å². The number of hydrogen-bond acceptors (Lipinski definition) is 3. The summed E-state index contributed by atoms with van der Waals surface area (Å²) in [7, 11) is 0. The molecule has 2 heterocycles. The predicted molar refractivity (Wildman–Crippen MR) is 39.7 cm³/mol. The van der Waals surface area contributed by atoms with E-state index in [4.69, 9.17) is 16.7 Å². The maximum atomic E-state index is 9.11. The summed E-state index contributed by atoms with van der Waals surface area (Å²) in [4.78, 5) is 3.86. The average molecular weight is 170 g/mol. The van der Waals surface area contributed by atoms with Crippen molar-refractivity contribution in [3.8, 4) is 5.75 Å². The van der Waals surface area contributed by atoms with Crippen LogP contribution in [0.2, 0.25) is 5.02 Å². The molecule has 5 heteroatoms. The summed E-state index contributed by atoms with van der Waals surface area (Å²) in [5, 5.41) is 13.4. The molecule has 4 nitrogen and oxygen atoms in total. The van der Waals surface area contributed by atoms with Gasteiger partial charge in [0.2, 0.25) is 0 Å². The van der Waals surface area contributed by atoms with Gasteiger partial charge >= 0.3 is 0 Å². The highest BCUT2D eigenvalue weighted by Crippen LogP contribution is 2.15. The molecule has 11 heavy (non-hydrogen) atoms. The summed E-state index contributed by atoms with van der Waals surface area (Å²) < 4.78 is 1.41. The first kappa shape index (κ1) is 6.42. The van der Waals surface area contributed by atoms with Gasteiger partial charge in [-0.1, -0.05) is 11.6 Å². The van der Waals surface area contributed by atoms with Gasteiger partial charge in [-0.15, -0.1) is 0 Å². The smallest absolute Gasteiger partial charge is 0.197 e. The maximum absolute atomic E-state index is 9.11. The lowest BCUT2D eigenvalue weighted by molar-refractivity contribution is 0.480. The lowest BCUT2D eigenvalue weighted by Crippen LogP contribution is -1.87. The summed E-state index contributed by atoms with van der Waals surface area (Å²) >= 11 is 5.62. The Labute approximate surface area is 67.1 Å². The van der Waals surface area contributed by atoms with E-state index in [9.17, 15) is 0 Å². The molecule has 0 unspecified atom stereocenters. The second-order valence-corrected chi connectivity index (χ2v) is 2.51. The molecule has 0 saturated heterocycles. The van der Waals surface area contributed by atoms with Crippen molar-refractivity contribution in [2.45, 2.75) is 0 Å². The van der Waals surface area contributed by atoms with Gasteiger partial charge in [-0.05, 0) is 0 Å². The van der Waals surface area contributed by atoms with Crippen LogP contribution in [0.15, 0.2) is 18.6 Å². The van der Waals surface area contributed by atoms with Crippen LogP contribution in [0.5, 0.6) is 5.75 Å². The van der Waals surface area contributed by atoms with E-state index in [-0.39, 0.29) is 5.75 Å². The minimum absolute atomic E-state index is 0.0571. The van der Waals surface area contributed by atoms with Crippen LogP contribution in [0.4, 0.5) is 0 Å². The second kappa shape index (κ2) is 2.10. The molecule has 0 radical (unpaired) electrons. The molecular weight excluding hydrogens is 166 g/mol. The number of aromatic nitrogens is 3. The zero-order valence-corrected chi connectivity index (χ0v) is 6.15. The third kappa shape index (κ3) is 0.914. The minimum Gasteiger partial charge on any atom is -0.503 e. The first-order chi connectivity index (χ1) is 5.27. The van der Waals surface area contributed by atoms with Crippen molar-refractivity contribution in [2.24, 2.45) is 0 Å². The van der Waals surface area contributed by atoms with Gasteiger partial charge in [0.1, 0.15) is 0 Å². The van der Waals surface area contributed by atoms with Gasteiger partial charge in [0.05, 0.1) is 17.4 Å². The van der Waals surface area contributed by atoms with E-state index in [0.29, 0.717) is 10.7 Å². The van der Waals surface area contributed by atoms with E-state index >= 15 is 0 Å². The van der Waals surface area contributed by atoms with E-state index in [1.165, 1.54) is 16.9 Å². The van der Waals surface area contributed by atoms with Crippen LogP contribution < -0.4 is 0 Å². The monoisotopic (exact) mass is 169 g/mol.